The van der Waals surface area contributed by atoms with E-state index in [1.165, 1.54) is 7.11 Å². The maximum Gasteiger partial charge on any atom is 0.329 e. The first-order valence-corrected chi connectivity index (χ1v) is 14.7. The van der Waals surface area contributed by atoms with Crippen molar-refractivity contribution in [2.75, 3.05) is 16.7 Å². The third-order valence-corrected chi connectivity index (χ3v) is 8.00. The van der Waals surface area contributed by atoms with Gasteiger partial charge < -0.3 is 14.5 Å². The van der Waals surface area contributed by atoms with Crippen LogP contribution in [0.3, 0.4) is 0 Å². The van der Waals surface area contributed by atoms with Crippen molar-refractivity contribution in [3.8, 4) is 22.3 Å². The summed E-state index contributed by atoms with van der Waals surface area (Å²) < 4.78 is 34.1. The number of nitrogens with zero attached hydrogens (tertiary/aromatic N) is 2. The Morgan fingerprint density at radius 2 is 1.63 bits per heavy atom. The minimum atomic E-state index is -2.44. The molecule has 9 nitrogen and oxygen atoms in total. The number of benzene rings is 3. The number of carbonyl (C=O) groups is 2. The Kier molecular flexibility index (Phi) is 8.70. The van der Waals surface area contributed by atoms with E-state index < -0.39 is 23.3 Å². The maximum absolute atomic E-state index is 13.2. The molecule has 0 radical (unpaired) electrons. The smallest absolute Gasteiger partial charge is 0.329 e. The molecule has 2 aromatic heterocycles. The second-order valence-corrected chi connectivity index (χ2v) is 11.2. The van der Waals surface area contributed by atoms with E-state index in [9.17, 15) is 18.4 Å². The SMILES string of the molecule is COC(=O)C(C(C)C)N(c1ccc(-c2ccc(NC(=O)c3oc4cccc(-c5cccnc5)c4c3C)cc2)cc1)S(=O)O. The van der Waals surface area contributed by atoms with Gasteiger partial charge >= 0.3 is 5.97 Å². The molecule has 43 heavy (non-hydrogen) atoms. The molecule has 2 heterocycles. The Morgan fingerprint density at radius 3 is 2.21 bits per heavy atom. The second kappa shape index (κ2) is 12.6. The summed E-state index contributed by atoms with van der Waals surface area (Å²) in [7, 11) is 1.25. The summed E-state index contributed by atoms with van der Waals surface area (Å²) in [5, 5.41) is 3.79. The number of aromatic nitrogens is 1. The van der Waals surface area contributed by atoms with Crippen LogP contribution in [-0.4, -0.2) is 38.8 Å². The van der Waals surface area contributed by atoms with Crippen LogP contribution >= 0.6 is 0 Å². The number of carbonyl (C=O) groups excluding carboxylic acids is 2. The van der Waals surface area contributed by atoms with E-state index in [1.54, 1.807) is 62.6 Å². The molecule has 5 rings (SSSR count). The lowest BCUT2D eigenvalue weighted by molar-refractivity contribution is -0.142. The van der Waals surface area contributed by atoms with Gasteiger partial charge in [-0.2, -0.15) is 0 Å². The van der Waals surface area contributed by atoms with Crippen molar-refractivity contribution in [1.29, 1.82) is 0 Å². The topological polar surface area (TPSA) is 122 Å². The molecule has 0 aliphatic rings. The molecule has 2 N–H and O–H groups in total. The lowest BCUT2D eigenvalue weighted by Gasteiger charge is -2.30. The predicted molar refractivity (Wildman–Crippen MR) is 168 cm³/mol. The molecule has 0 spiro atoms. The van der Waals surface area contributed by atoms with Crippen LogP contribution in [0, 0.1) is 12.8 Å². The monoisotopic (exact) mass is 597 g/mol. The summed E-state index contributed by atoms with van der Waals surface area (Å²) in [6.07, 6.45) is 3.50. The van der Waals surface area contributed by atoms with Gasteiger partial charge in [0.1, 0.15) is 11.6 Å². The van der Waals surface area contributed by atoms with Crippen LogP contribution in [0.4, 0.5) is 11.4 Å². The van der Waals surface area contributed by atoms with Crippen LogP contribution in [0.1, 0.15) is 30.0 Å². The Morgan fingerprint density at radius 1 is 0.953 bits per heavy atom. The summed E-state index contributed by atoms with van der Waals surface area (Å²) in [5.74, 6) is -0.975. The van der Waals surface area contributed by atoms with E-state index in [0.29, 0.717) is 17.0 Å². The van der Waals surface area contributed by atoms with Crippen LogP contribution in [0.25, 0.3) is 33.2 Å². The average Bonchev–Trinajstić information content (AvgIpc) is 3.36. The van der Waals surface area contributed by atoms with E-state index >= 15 is 0 Å². The number of aryl methyl sites for hydroxylation is 1. The molecular weight excluding hydrogens is 566 g/mol. The highest BCUT2D eigenvalue weighted by molar-refractivity contribution is 7.80. The van der Waals surface area contributed by atoms with E-state index in [-0.39, 0.29) is 17.6 Å². The van der Waals surface area contributed by atoms with Gasteiger partial charge in [0.15, 0.2) is 5.76 Å². The molecule has 1 amide bonds. The fraction of sp³-hybridized carbons (Fsp3) is 0.182. The van der Waals surface area contributed by atoms with Crippen molar-refractivity contribution in [1.82, 2.24) is 4.98 Å². The first-order valence-electron chi connectivity index (χ1n) is 13.6. The molecule has 2 unspecified atom stereocenters. The molecule has 10 heteroatoms. The number of esters is 1. The number of amides is 1. The quantitative estimate of drug-likeness (QED) is 0.141. The number of furan rings is 1. The van der Waals surface area contributed by atoms with Crippen molar-refractivity contribution in [2.24, 2.45) is 5.92 Å². The van der Waals surface area contributed by atoms with Crippen LogP contribution in [0.2, 0.25) is 0 Å². The summed E-state index contributed by atoms with van der Waals surface area (Å²) >= 11 is -2.44. The van der Waals surface area contributed by atoms with Crippen molar-refractivity contribution in [2.45, 2.75) is 26.8 Å². The Bertz CT molecular complexity index is 1780. The number of methoxy groups -OCH3 is 1. The number of rotatable bonds is 9. The van der Waals surface area contributed by atoms with Crippen molar-refractivity contribution < 1.29 is 27.5 Å². The molecule has 220 valence electrons. The van der Waals surface area contributed by atoms with Gasteiger partial charge in [0.05, 0.1) is 12.8 Å². The molecule has 0 aliphatic carbocycles. The number of nitrogens with one attached hydrogen (secondary N) is 1. The summed E-state index contributed by atoms with van der Waals surface area (Å²) in [5.41, 5.74) is 5.97. The zero-order valence-electron chi connectivity index (χ0n) is 24.1. The van der Waals surface area contributed by atoms with Crippen LogP contribution in [-0.2, 0) is 20.8 Å². The average molecular weight is 598 g/mol. The van der Waals surface area contributed by atoms with Crippen molar-refractivity contribution in [3.63, 3.8) is 0 Å². The van der Waals surface area contributed by atoms with Crippen molar-refractivity contribution in [3.05, 3.63) is 103 Å². The molecule has 2 atom stereocenters. The van der Waals surface area contributed by atoms with E-state index in [1.807, 2.05) is 49.4 Å². The van der Waals surface area contributed by atoms with Crippen LogP contribution in [0.5, 0.6) is 0 Å². The third kappa shape index (κ3) is 6.06. The van der Waals surface area contributed by atoms with Crippen LogP contribution < -0.4 is 9.62 Å². The van der Waals surface area contributed by atoms with Gasteiger partial charge in [0, 0.05) is 34.6 Å². The standard InChI is InChI=1S/C33H31N3O6S/c1-20(2)30(33(38)41-4)36(43(39)40)26-16-12-23(13-17-26)22-10-14-25(15-11-22)35-32(37)31-21(3)29-27(8-5-9-28(29)42-31)24-7-6-18-34-19-24/h5-20,30H,1-4H3,(H,35,37)(H,39,40). The first kappa shape index (κ1) is 29.7. The van der Waals surface area contributed by atoms with Crippen molar-refractivity contribution >= 4 is 45.5 Å². The summed E-state index contributed by atoms with van der Waals surface area (Å²) in [6, 6.07) is 22.9. The Hall–Kier alpha value is -4.80. The normalized spacial score (nSPS) is 12.6. The highest BCUT2D eigenvalue weighted by Crippen LogP contribution is 2.35. The molecule has 3 aromatic carbocycles. The zero-order valence-corrected chi connectivity index (χ0v) is 24.9. The molecule has 0 aliphatic heterocycles. The van der Waals surface area contributed by atoms with Gasteiger partial charge in [-0.05, 0) is 65.9 Å². The number of anilines is 2. The number of pyridine rings is 1. The predicted octanol–water partition coefficient (Wildman–Crippen LogP) is 6.86. The fourth-order valence-corrected chi connectivity index (χ4v) is 5.95. The Balaban J connectivity index is 1.34. The summed E-state index contributed by atoms with van der Waals surface area (Å²) in [4.78, 5) is 29.8. The molecule has 0 bridgehead atoms. The number of fused-ring (bicyclic) bond motifs is 1. The van der Waals surface area contributed by atoms with Gasteiger partial charge in [-0.1, -0.05) is 56.3 Å². The zero-order chi connectivity index (χ0) is 30.7. The van der Waals surface area contributed by atoms with Gasteiger partial charge in [-0.15, -0.1) is 0 Å². The lowest BCUT2D eigenvalue weighted by atomic mass is 10.00. The second-order valence-electron chi connectivity index (χ2n) is 10.3. The molecular formula is C33H31N3O6S. The molecule has 5 aromatic rings. The fourth-order valence-electron chi connectivity index (χ4n) is 5.12. The van der Waals surface area contributed by atoms with E-state index in [4.69, 9.17) is 9.15 Å². The van der Waals surface area contributed by atoms with E-state index in [0.717, 1.165) is 37.5 Å². The third-order valence-electron chi connectivity index (χ3n) is 7.23. The summed E-state index contributed by atoms with van der Waals surface area (Å²) in [6.45, 7) is 5.44. The minimum Gasteiger partial charge on any atom is -0.467 e. The van der Waals surface area contributed by atoms with Gasteiger partial charge in [-0.3, -0.25) is 18.6 Å². The first-order chi connectivity index (χ1) is 20.7. The van der Waals surface area contributed by atoms with Crippen LogP contribution in [0.15, 0.2) is 95.7 Å². The van der Waals surface area contributed by atoms with Gasteiger partial charge in [0.25, 0.3) is 17.2 Å². The van der Waals surface area contributed by atoms with Gasteiger partial charge in [-0.25, -0.2) is 9.00 Å². The van der Waals surface area contributed by atoms with E-state index in [2.05, 4.69) is 10.3 Å². The number of ether oxygens (including phenoxy) is 1. The lowest BCUT2D eigenvalue weighted by Crippen LogP contribution is -2.46. The highest BCUT2D eigenvalue weighted by Gasteiger charge is 2.33. The van der Waals surface area contributed by atoms with Gasteiger partial charge in [0.2, 0.25) is 0 Å². The molecule has 0 saturated heterocycles. The number of hydrogen-bond donors (Lipinski definition) is 2. The molecule has 0 fully saturated rings. The number of hydrogen-bond acceptors (Lipinski definition) is 6. The Labute approximate surface area is 251 Å². The highest BCUT2D eigenvalue weighted by atomic mass is 32.2. The minimum absolute atomic E-state index is 0.239. The maximum atomic E-state index is 13.2. The largest absolute Gasteiger partial charge is 0.467 e. The molecule has 0 saturated carbocycles.